The van der Waals surface area contributed by atoms with Gasteiger partial charge in [-0.2, -0.15) is 23.4 Å². The Balaban J connectivity index is 2.18. The Morgan fingerprint density at radius 3 is 2.65 bits per heavy atom. The van der Waals surface area contributed by atoms with E-state index in [-0.39, 0.29) is 17.9 Å². The highest BCUT2D eigenvalue weighted by atomic mass is 32.2. The number of aryl methyl sites for hydroxylation is 1. The maximum atomic E-state index is 12.3. The molecule has 0 saturated carbocycles. The number of carbonyl (C=O) groups excluding carboxylic acids is 1. The van der Waals surface area contributed by atoms with Gasteiger partial charge in [-0.05, 0) is 24.6 Å². The van der Waals surface area contributed by atoms with Crippen LogP contribution in [-0.2, 0) is 21.8 Å². The summed E-state index contributed by atoms with van der Waals surface area (Å²) in [6, 6.07) is 5.32. The number of sulfonamides is 1. The van der Waals surface area contributed by atoms with Crippen LogP contribution in [0.25, 0.3) is 0 Å². The molecule has 0 aliphatic heterocycles. The normalized spacial score (nSPS) is 11.5. The van der Waals surface area contributed by atoms with Gasteiger partial charge >= 0.3 is 5.97 Å². The van der Waals surface area contributed by atoms with E-state index in [1.54, 1.807) is 6.92 Å². The first-order valence-corrected chi connectivity index (χ1v) is 8.73. The molecule has 26 heavy (non-hydrogen) atoms. The number of aromatic nitrogens is 2. The van der Waals surface area contributed by atoms with Gasteiger partial charge in [0.2, 0.25) is 5.03 Å². The SMILES string of the molecule is CCOC(=O)c1cn(C)nc1S(=O)(=O)N/N=C/c1ccc([N+](=O)[O-])cc1. The van der Waals surface area contributed by atoms with Gasteiger partial charge in [-0.1, -0.05) is 0 Å². The number of rotatable bonds is 7. The first-order chi connectivity index (χ1) is 12.2. The smallest absolute Gasteiger partial charge is 0.342 e. The van der Waals surface area contributed by atoms with Gasteiger partial charge < -0.3 is 4.74 Å². The number of hydrazone groups is 1. The number of nitrogens with zero attached hydrogens (tertiary/aromatic N) is 4. The Kier molecular flexibility index (Phi) is 5.67. The summed E-state index contributed by atoms with van der Waals surface area (Å²) < 4.78 is 30.6. The molecular weight excluding hydrogens is 366 g/mol. The fourth-order valence-corrected chi connectivity index (χ4v) is 2.85. The second-order valence-corrected chi connectivity index (χ2v) is 6.52. The fraction of sp³-hybridized carbons (Fsp3) is 0.214. The van der Waals surface area contributed by atoms with Crippen molar-refractivity contribution in [2.45, 2.75) is 11.9 Å². The molecule has 0 aliphatic carbocycles. The Bertz CT molecular complexity index is 949. The van der Waals surface area contributed by atoms with E-state index in [2.05, 4.69) is 10.2 Å². The topological polar surface area (TPSA) is 146 Å². The van der Waals surface area contributed by atoms with Crippen molar-refractivity contribution in [3.63, 3.8) is 0 Å². The quantitative estimate of drug-likeness (QED) is 0.323. The van der Waals surface area contributed by atoms with Crippen molar-refractivity contribution in [3.05, 3.63) is 51.7 Å². The van der Waals surface area contributed by atoms with E-state index in [0.717, 1.165) is 6.21 Å². The predicted molar refractivity (Wildman–Crippen MR) is 90.2 cm³/mol. The minimum atomic E-state index is -4.21. The molecule has 0 amide bonds. The highest BCUT2D eigenvalue weighted by Gasteiger charge is 2.27. The van der Waals surface area contributed by atoms with Gasteiger partial charge in [0.15, 0.2) is 0 Å². The first-order valence-electron chi connectivity index (χ1n) is 7.24. The van der Waals surface area contributed by atoms with Gasteiger partial charge in [0.25, 0.3) is 15.7 Å². The van der Waals surface area contributed by atoms with Gasteiger partial charge in [-0.15, -0.1) is 0 Å². The average Bonchev–Trinajstić information content (AvgIpc) is 2.98. The maximum absolute atomic E-state index is 12.3. The third-order valence-electron chi connectivity index (χ3n) is 3.04. The Hall–Kier alpha value is -3.28. The average molecular weight is 381 g/mol. The number of carbonyl (C=O) groups is 1. The molecule has 0 spiro atoms. The highest BCUT2D eigenvalue weighted by molar-refractivity contribution is 7.89. The van der Waals surface area contributed by atoms with Gasteiger partial charge in [-0.25, -0.2) is 4.79 Å². The second kappa shape index (κ2) is 7.74. The minimum absolute atomic E-state index is 0.0823. The Morgan fingerprint density at radius 2 is 2.08 bits per heavy atom. The van der Waals surface area contributed by atoms with Crippen LogP contribution in [0.5, 0.6) is 0 Å². The predicted octanol–water partition coefficient (Wildman–Crippen LogP) is 0.817. The number of benzene rings is 1. The maximum Gasteiger partial charge on any atom is 0.342 e. The van der Waals surface area contributed by atoms with Crippen LogP contribution in [0.3, 0.4) is 0 Å². The lowest BCUT2D eigenvalue weighted by molar-refractivity contribution is -0.384. The number of hydrogen-bond acceptors (Lipinski definition) is 8. The monoisotopic (exact) mass is 381 g/mol. The highest BCUT2D eigenvalue weighted by Crippen LogP contribution is 2.15. The summed E-state index contributed by atoms with van der Waals surface area (Å²) in [5.74, 6) is -0.819. The lowest BCUT2D eigenvalue weighted by Gasteiger charge is -2.03. The van der Waals surface area contributed by atoms with Crippen molar-refractivity contribution in [3.8, 4) is 0 Å². The van der Waals surface area contributed by atoms with Crippen molar-refractivity contribution >= 4 is 27.9 Å². The lowest BCUT2D eigenvalue weighted by atomic mass is 10.2. The van der Waals surface area contributed by atoms with Crippen LogP contribution in [0.15, 0.2) is 40.6 Å². The zero-order valence-electron chi connectivity index (χ0n) is 13.8. The summed E-state index contributed by atoms with van der Waals surface area (Å²) >= 11 is 0. The zero-order chi connectivity index (χ0) is 19.3. The molecule has 0 bridgehead atoms. The third-order valence-corrected chi connectivity index (χ3v) is 4.19. The van der Waals surface area contributed by atoms with Gasteiger partial charge in [0.05, 0.1) is 17.7 Å². The molecule has 1 aromatic heterocycles. The molecule has 0 unspecified atom stereocenters. The van der Waals surface area contributed by atoms with Crippen LogP contribution >= 0.6 is 0 Å². The van der Waals surface area contributed by atoms with Gasteiger partial charge in [0, 0.05) is 25.4 Å². The van der Waals surface area contributed by atoms with Crippen LogP contribution in [-0.4, -0.2) is 41.9 Å². The molecule has 2 rings (SSSR count). The summed E-state index contributed by atoms with van der Waals surface area (Å²) in [6.45, 7) is 1.67. The molecule has 1 heterocycles. The molecule has 138 valence electrons. The summed E-state index contributed by atoms with van der Waals surface area (Å²) in [5, 5.41) is 17.4. The summed E-state index contributed by atoms with van der Waals surface area (Å²) in [5.41, 5.74) is 0.118. The molecule has 0 radical (unpaired) electrons. The van der Waals surface area contributed by atoms with Crippen molar-refractivity contribution in [1.82, 2.24) is 14.6 Å². The molecular formula is C14H15N5O6S. The molecule has 11 nitrogen and oxygen atoms in total. The van der Waals surface area contributed by atoms with E-state index < -0.39 is 25.9 Å². The van der Waals surface area contributed by atoms with E-state index in [1.165, 1.54) is 42.2 Å². The van der Waals surface area contributed by atoms with E-state index in [1.807, 2.05) is 4.83 Å². The number of nitro groups is 1. The Morgan fingerprint density at radius 1 is 1.42 bits per heavy atom. The molecule has 0 atom stereocenters. The number of nitro benzene ring substituents is 1. The van der Waals surface area contributed by atoms with E-state index >= 15 is 0 Å². The molecule has 1 N–H and O–H groups in total. The molecule has 1 aromatic carbocycles. The minimum Gasteiger partial charge on any atom is -0.462 e. The fourth-order valence-electron chi connectivity index (χ4n) is 1.91. The van der Waals surface area contributed by atoms with Crippen LogP contribution in [0, 0.1) is 10.1 Å². The molecule has 0 fully saturated rings. The lowest BCUT2D eigenvalue weighted by Crippen LogP contribution is -2.22. The van der Waals surface area contributed by atoms with Crippen molar-refractivity contribution in [2.24, 2.45) is 12.1 Å². The first kappa shape index (κ1) is 19.1. The van der Waals surface area contributed by atoms with Crippen LogP contribution in [0.2, 0.25) is 0 Å². The molecule has 0 saturated heterocycles. The van der Waals surface area contributed by atoms with Crippen LogP contribution in [0.4, 0.5) is 5.69 Å². The number of esters is 1. The van der Waals surface area contributed by atoms with Gasteiger partial charge in [0.1, 0.15) is 5.56 Å². The summed E-state index contributed by atoms with van der Waals surface area (Å²) in [4.78, 5) is 23.8. The number of ether oxygens (including phenoxy) is 1. The zero-order valence-corrected chi connectivity index (χ0v) is 14.6. The largest absolute Gasteiger partial charge is 0.462 e. The standard InChI is InChI=1S/C14H15N5O6S/c1-3-25-14(20)12-9-18(2)16-13(12)26(23,24)17-15-8-10-4-6-11(7-5-10)19(21)22/h4-9,17H,3H2,1-2H3/b15-8+. The Labute approximate surface area is 148 Å². The van der Waals surface area contributed by atoms with E-state index in [4.69, 9.17) is 4.74 Å². The van der Waals surface area contributed by atoms with Gasteiger partial charge in [-0.3, -0.25) is 14.8 Å². The van der Waals surface area contributed by atoms with Crippen LogP contribution < -0.4 is 4.83 Å². The molecule has 0 aliphatic rings. The third kappa shape index (κ3) is 4.42. The summed E-state index contributed by atoms with van der Waals surface area (Å²) in [7, 11) is -2.75. The van der Waals surface area contributed by atoms with Crippen LogP contribution in [0.1, 0.15) is 22.8 Å². The number of nitrogens with one attached hydrogen (secondary N) is 1. The number of non-ortho nitro benzene ring substituents is 1. The second-order valence-electron chi connectivity index (χ2n) is 4.94. The molecule has 2 aromatic rings. The summed E-state index contributed by atoms with van der Waals surface area (Å²) in [6.07, 6.45) is 2.39. The van der Waals surface area contributed by atoms with Crippen molar-refractivity contribution in [2.75, 3.05) is 6.61 Å². The van der Waals surface area contributed by atoms with E-state index in [0.29, 0.717) is 5.56 Å². The van der Waals surface area contributed by atoms with E-state index in [9.17, 15) is 23.3 Å². The number of hydrogen-bond donors (Lipinski definition) is 1. The molecule has 12 heteroatoms. The van der Waals surface area contributed by atoms with Crippen molar-refractivity contribution < 1.29 is 22.9 Å². The van der Waals surface area contributed by atoms with Crippen molar-refractivity contribution in [1.29, 1.82) is 0 Å².